The molecular formula is C4H7F4N. The minimum Gasteiger partial charge on any atom is -0.307 e. The normalized spacial score (nSPS) is 15.7. The van der Waals surface area contributed by atoms with E-state index in [9.17, 15) is 17.6 Å². The number of nitrogens with one attached hydrogen (secondary N) is 1. The van der Waals surface area contributed by atoms with Crippen LogP contribution in [-0.2, 0) is 0 Å². The zero-order chi connectivity index (χ0) is 7.49. The van der Waals surface area contributed by atoms with Crippen LogP contribution >= 0.6 is 0 Å². The van der Waals surface area contributed by atoms with E-state index in [1.807, 2.05) is 0 Å². The van der Waals surface area contributed by atoms with Gasteiger partial charge >= 0.3 is 6.18 Å². The summed E-state index contributed by atoms with van der Waals surface area (Å²) >= 11 is 0. The van der Waals surface area contributed by atoms with Crippen LogP contribution in [0.15, 0.2) is 0 Å². The molecule has 0 saturated heterocycles. The Labute approximate surface area is 50.0 Å². The Morgan fingerprint density at radius 1 is 1.44 bits per heavy atom. The average molecular weight is 145 g/mol. The third kappa shape index (κ3) is 2.64. The molecule has 1 atom stereocenters. The van der Waals surface area contributed by atoms with Crippen LogP contribution in [0.1, 0.15) is 0 Å². The highest BCUT2D eigenvalue weighted by molar-refractivity contribution is 4.71. The van der Waals surface area contributed by atoms with Gasteiger partial charge in [-0.1, -0.05) is 0 Å². The average Bonchev–Trinajstić information content (AvgIpc) is 1.65. The number of alkyl halides is 4. The number of hydrogen-bond acceptors (Lipinski definition) is 1. The van der Waals surface area contributed by atoms with E-state index in [0.717, 1.165) is 7.05 Å². The minimum absolute atomic E-state index is 1.07. The van der Waals surface area contributed by atoms with Gasteiger partial charge in [-0.05, 0) is 7.05 Å². The van der Waals surface area contributed by atoms with Crippen LogP contribution in [0, 0.1) is 0 Å². The van der Waals surface area contributed by atoms with Gasteiger partial charge in [0, 0.05) is 0 Å². The molecule has 5 heteroatoms. The molecule has 0 bridgehead atoms. The molecule has 9 heavy (non-hydrogen) atoms. The van der Waals surface area contributed by atoms with Crippen molar-refractivity contribution in [3.05, 3.63) is 0 Å². The molecule has 1 unspecified atom stereocenters. The van der Waals surface area contributed by atoms with E-state index in [2.05, 4.69) is 0 Å². The van der Waals surface area contributed by atoms with Gasteiger partial charge in [0.15, 0.2) is 0 Å². The second-order valence-corrected chi connectivity index (χ2v) is 1.54. The van der Waals surface area contributed by atoms with Gasteiger partial charge in [-0.25, -0.2) is 4.39 Å². The lowest BCUT2D eigenvalue weighted by atomic mass is 10.3. The summed E-state index contributed by atoms with van der Waals surface area (Å²) in [6.45, 7) is -1.42. The molecule has 0 rings (SSSR count). The highest BCUT2D eigenvalue weighted by atomic mass is 19.4. The molecule has 0 aliphatic heterocycles. The summed E-state index contributed by atoms with van der Waals surface area (Å²) in [5, 5.41) is 1.79. The van der Waals surface area contributed by atoms with E-state index in [-0.39, 0.29) is 0 Å². The first kappa shape index (κ1) is 8.68. The fraction of sp³-hybridized carbons (Fsp3) is 1.00. The first-order valence-electron chi connectivity index (χ1n) is 2.32. The largest absolute Gasteiger partial charge is 0.406 e. The van der Waals surface area contributed by atoms with Crippen molar-refractivity contribution in [2.24, 2.45) is 0 Å². The molecule has 0 spiro atoms. The molecule has 1 nitrogen and oxygen atoms in total. The molecular weight excluding hydrogens is 138 g/mol. The maximum atomic E-state index is 11.4. The quantitative estimate of drug-likeness (QED) is 0.574. The van der Waals surface area contributed by atoms with E-state index in [1.54, 1.807) is 5.32 Å². The fourth-order valence-corrected chi connectivity index (χ4v) is 0.328. The second kappa shape index (κ2) is 3.00. The lowest BCUT2D eigenvalue weighted by Crippen LogP contribution is -2.41. The van der Waals surface area contributed by atoms with Crippen LogP contribution in [0.25, 0.3) is 0 Å². The molecule has 0 fully saturated rings. The van der Waals surface area contributed by atoms with Crippen molar-refractivity contribution in [2.75, 3.05) is 13.7 Å². The van der Waals surface area contributed by atoms with Crippen LogP contribution in [-0.4, -0.2) is 25.9 Å². The van der Waals surface area contributed by atoms with Gasteiger partial charge in [0.2, 0.25) is 0 Å². The first-order chi connectivity index (χ1) is 4.02. The number of halogens is 4. The third-order valence-corrected chi connectivity index (χ3v) is 0.898. The SMILES string of the molecule is CNC(CF)C(F)(F)F. The van der Waals surface area contributed by atoms with Gasteiger partial charge in [-0.3, -0.25) is 0 Å². The molecule has 0 aromatic carbocycles. The predicted molar refractivity (Wildman–Crippen MR) is 24.9 cm³/mol. The summed E-state index contributed by atoms with van der Waals surface area (Å²) in [5.74, 6) is 0. The summed E-state index contributed by atoms with van der Waals surface area (Å²) in [4.78, 5) is 0. The maximum Gasteiger partial charge on any atom is 0.406 e. The zero-order valence-electron chi connectivity index (χ0n) is 4.80. The van der Waals surface area contributed by atoms with Gasteiger partial charge < -0.3 is 5.32 Å². The number of hydrogen-bond donors (Lipinski definition) is 1. The Morgan fingerprint density at radius 2 is 1.89 bits per heavy atom. The zero-order valence-corrected chi connectivity index (χ0v) is 4.80. The molecule has 1 N–H and O–H groups in total. The standard InChI is InChI=1S/C4H7F4N/c1-9-3(2-5)4(6,7)8/h3,9H,2H2,1H3. The van der Waals surface area contributed by atoms with Crippen molar-refractivity contribution in [2.45, 2.75) is 12.2 Å². The van der Waals surface area contributed by atoms with Crippen molar-refractivity contribution >= 4 is 0 Å². The topological polar surface area (TPSA) is 12.0 Å². The molecule has 56 valence electrons. The van der Waals surface area contributed by atoms with Gasteiger partial charge in [-0.2, -0.15) is 13.2 Å². The van der Waals surface area contributed by atoms with Gasteiger partial charge in [0.05, 0.1) is 0 Å². The Bertz CT molecular complexity index is 75.1. The Morgan fingerprint density at radius 3 is 1.89 bits per heavy atom. The smallest absolute Gasteiger partial charge is 0.307 e. The lowest BCUT2D eigenvalue weighted by Gasteiger charge is -2.14. The molecule has 0 aromatic heterocycles. The van der Waals surface area contributed by atoms with E-state index in [4.69, 9.17) is 0 Å². The Hall–Kier alpha value is -0.320. The fourth-order valence-electron chi connectivity index (χ4n) is 0.328. The summed E-state index contributed by atoms with van der Waals surface area (Å²) in [7, 11) is 1.07. The van der Waals surface area contributed by atoms with Crippen LogP contribution < -0.4 is 5.32 Å². The van der Waals surface area contributed by atoms with Gasteiger partial charge in [0.1, 0.15) is 12.7 Å². The van der Waals surface area contributed by atoms with Gasteiger partial charge in [-0.15, -0.1) is 0 Å². The summed E-state index contributed by atoms with van der Waals surface area (Å²) in [6.07, 6.45) is -4.47. The van der Waals surface area contributed by atoms with Crippen LogP contribution in [0.3, 0.4) is 0 Å². The monoisotopic (exact) mass is 145 g/mol. The van der Waals surface area contributed by atoms with E-state index < -0.39 is 18.9 Å². The van der Waals surface area contributed by atoms with Crippen molar-refractivity contribution in [1.29, 1.82) is 0 Å². The van der Waals surface area contributed by atoms with Crippen LogP contribution in [0.4, 0.5) is 17.6 Å². The first-order valence-corrected chi connectivity index (χ1v) is 2.32. The second-order valence-electron chi connectivity index (χ2n) is 1.54. The summed E-state index contributed by atoms with van der Waals surface area (Å²) in [6, 6.07) is -2.02. The third-order valence-electron chi connectivity index (χ3n) is 0.898. The molecule has 0 radical (unpaired) electrons. The van der Waals surface area contributed by atoms with Crippen LogP contribution in [0.2, 0.25) is 0 Å². The van der Waals surface area contributed by atoms with Crippen molar-refractivity contribution in [3.8, 4) is 0 Å². The minimum atomic E-state index is -4.47. The van der Waals surface area contributed by atoms with E-state index in [0.29, 0.717) is 0 Å². The van der Waals surface area contributed by atoms with E-state index >= 15 is 0 Å². The number of rotatable bonds is 2. The lowest BCUT2D eigenvalue weighted by molar-refractivity contribution is -0.157. The molecule has 0 aromatic rings. The molecule has 0 saturated carbocycles. The van der Waals surface area contributed by atoms with Crippen molar-refractivity contribution < 1.29 is 17.6 Å². The molecule has 0 amide bonds. The van der Waals surface area contributed by atoms with E-state index in [1.165, 1.54) is 0 Å². The van der Waals surface area contributed by atoms with Gasteiger partial charge in [0.25, 0.3) is 0 Å². The maximum absolute atomic E-state index is 11.4. The highest BCUT2D eigenvalue weighted by Gasteiger charge is 2.38. The molecule has 0 aliphatic carbocycles. The van der Waals surface area contributed by atoms with Crippen molar-refractivity contribution in [1.82, 2.24) is 5.32 Å². The predicted octanol–water partition coefficient (Wildman–Crippen LogP) is 1.11. The Kier molecular flexibility index (Phi) is 2.90. The molecule has 0 heterocycles. The Balaban J connectivity index is 3.79. The van der Waals surface area contributed by atoms with Crippen LogP contribution in [0.5, 0.6) is 0 Å². The van der Waals surface area contributed by atoms with Crippen molar-refractivity contribution in [3.63, 3.8) is 0 Å². The highest BCUT2D eigenvalue weighted by Crippen LogP contribution is 2.19. The summed E-state index contributed by atoms with van der Waals surface area (Å²) < 4.78 is 45.6. The molecule has 0 aliphatic rings. The summed E-state index contributed by atoms with van der Waals surface area (Å²) in [5.41, 5.74) is 0.